The second-order valence-electron chi connectivity index (χ2n) is 3.44. The number of nitrogens with two attached hydrogens (primary N) is 1. The lowest BCUT2D eigenvalue weighted by molar-refractivity contribution is 0.762. The molecule has 0 fully saturated rings. The second kappa shape index (κ2) is 3.68. The predicted octanol–water partition coefficient (Wildman–Crippen LogP) is 2.25. The Bertz CT molecular complexity index is 365. The molecule has 0 aromatic heterocycles. The molecule has 2 nitrogen and oxygen atoms in total. The first-order chi connectivity index (χ1) is 6.79. The van der Waals surface area contributed by atoms with Crippen molar-refractivity contribution in [1.82, 2.24) is 0 Å². The summed E-state index contributed by atoms with van der Waals surface area (Å²) in [6.45, 7) is 2.05. The zero-order chi connectivity index (χ0) is 9.97. The van der Waals surface area contributed by atoms with Crippen molar-refractivity contribution in [2.24, 2.45) is 5.73 Å². The molecule has 1 aliphatic heterocycles. The Balaban J connectivity index is 2.29. The van der Waals surface area contributed by atoms with Crippen molar-refractivity contribution in [3.8, 4) is 0 Å². The van der Waals surface area contributed by atoms with Gasteiger partial charge < -0.3 is 10.6 Å². The molecule has 2 rings (SSSR count). The van der Waals surface area contributed by atoms with Crippen molar-refractivity contribution in [3.63, 3.8) is 0 Å². The highest BCUT2D eigenvalue weighted by molar-refractivity contribution is 5.53. The average Bonchev–Trinajstić information content (AvgIpc) is 2.23. The Labute approximate surface area is 84.3 Å². The van der Waals surface area contributed by atoms with Gasteiger partial charge in [0.05, 0.1) is 0 Å². The summed E-state index contributed by atoms with van der Waals surface area (Å²) in [5, 5.41) is 0. The molecule has 72 valence electrons. The molecule has 1 aliphatic rings. The summed E-state index contributed by atoms with van der Waals surface area (Å²) in [7, 11) is 0. The SMILES string of the molecule is CC1=CC=CN(c2ccccc2)C1N. The van der Waals surface area contributed by atoms with Crippen LogP contribution in [0.4, 0.5) is 5.69 Å². The van der Waals surface area contributed by atoms with Crippen LogP contribution >= 0.6 is 0 Å². The summed E-state index contributed by atoms with van der Waals surface area (Å²) >= 11 is 0. The van der Waals surface area contributed by atoms with E-state index in [0.29, 0.717) is 0 Å². The van der Waals surface area contributed by atoms with E-state index in [2.05, 4.69) is 17.0 Å². The third-order valence-corrected chi connectivity index (χ3v) is 2.43. The number of benzene rings is 1. The Hall–Kier alpha value is -1.54. The van der Waals surface area contributed by atoms with Crippen molar-refractivity contribution >= 4 is 5.69 Å². The third kappa shape index (κ3) is 1.56. The van der Waals surface area contributed by atoms with Gasteiger partial charge in [0.15, 0.2) is 0 Å². The van der Waals surface area contributed by atoms with Gasteiger partial charge in [-0.2, -0.15) is 0 Å². The van der Waals surface area contributed by atoms with E-state index in [4.69, 9.17) is 5.73 Å². The molecule has 1 aromatic carbocycles. The van der Waals surface area contributed by atoms with Crippen LogP contribution in [0.3, 0.4) is 0 Å². The van der Waals surface area contributed by atoms with Gasteiger partial charge in [0.1, 0.15) is 6.17 Å². The maximum Gasteiger partial charge on any atom is 0.103 e. The Kier molecular flexibility index (Phi) is 2.37. The van der Waals surface area contributed by atoms with E-state index in [1.807, 2.05) is 43.5 Å². The van der Waals surface area contributed by atoms with Gasteiger partial charge in [-0.15, -0.1) is 0 Å². The van der Waals surface area contributed by atoms with Crippen molar-refractivity contribution in [3.05, 3.63) is 54.3 Å². The highest BCUT2D eigenvalue weighted by Crippen LogP contribution is 2.20. The van der Waals surface area contributed by atoms with Gasteiger partial charge in [0.2, 0.25) is 0 Å². The number of hydrogen-bond acceptors (Lipinski definition) is 2. The molecule has 1 heterocycles. The van der Waals surface area contributed by atoms with Gasteiger partial charge >= 0.3 is 0 Å². The number of rotatable bonds is 1. The van der Waals surface area contributed by atoms with Crippen molar-refractivity contribution in [2.75, 3.05) is 4.90 Å². The average molecular weight is 186 g/mol. The van der Waals surface area contributed by atoms with Crippen molar-refractivity contribution in [2.45, 2.75) is 13.1 Å². The van der Waals surface area contributed by atoms with E-state index >= 15 is 0 Å². The number of nitrogens with zero attached hydrogens (tertiary/aromatic N) is 1. The predicted molar refractivity (Wildman–Crippen MR) is 59.8 cm³/mol. The topological polar surface area (TPSA) is 29.3 Å². The lowest BCUT2D eigenvalue weighted by Crippen LogP contribution is -2.40. The van der Waals surface area contributed by atoms with E-state index in [1.165, 1.54) is 5.57 Å². The lowest BCUT2D eigenvalue weighted by Gasteiger charge is -2.30. The zero-order valence-electron chi connectivity index (χ0n) is 8.22. The fourth-order valence-electron chi connectivity index (χ4n) is 1.55. The van der Waals surface area contributed by atoms with Gasteiger partial charge in [0.25, 0.3) is 0 Å². The van der Waals surface area contributed by atoms with Crippen LogP contribution < -0.4 is 10.6 Å². The molecule has 0 bridgehead atoms. The monoisotopic (exact) mass is 186 g/mol. The minimum atomic E-state index is -0.0394. The molecule has 0 radical (unpaired) electrons. The van der Waals surface area contributed by atoms with E-state index in [1.54, 1.807) is 0 Å². The second-order valence-corrected chi connectivity index (χ2v) is 3.44. The fourth-order valence-corrected chi connectivity index (χ4v) is 1.55. The third-order valence-electron chi connectivity index (χ3n) is 2.43. The van der Waals surface area contributed by atoms with Crippen LogP contribution in [0.15, 0.2) is 54.3 Å². The minimum Gasteiger partial charge on any atom is -0.328 e. The first-order valence-corrected chi connectivity index (χ1v) is 4.73. The van der Waals surface area contributed by atoms with Crippen LogP contribution in [-0.2, 0) is 0 Å². The molecule has 2 N–H and O–H groups in total. The van der Waals surface area contributed by atoms with Crippen LogP contribution in [0.1, 0.15) is 6.92 Å². The summed E-state index contributed by atoms with van der Waals surface area (Å²) < 4.78 is 0. The first-order valence-electron chi connectivity index (χ1n) is 4.73. The molecule has 2 heteroatoms. The Morgan fingerprint density at radius 2 is 1.93 bits per heavy atom. The van der Waals surface area contributed by atoms with Crippen LogP contribution in [0.25, 0.3) is 0 Å². The summed E-state index contributed by atoms with van der Waals surface area (Å²) in [6.07, 6.45) is 6.03. The molecular formula is C12H14N2. The maximum absolute atomic E-state index is 6.06. The van der Waals surface area contributed by atoms with Gasteiger partial charge in [-0.1, -0.05) is 24.3 Å². The smallest absolute Gasteiger partial charge is 0.103 e. The largest absolute Gasteiger partial charge is 0.328 e. The fraction of sp³-hybridized carbons (Fsp3) is 0.167. The molecule has 1 aromatic rings. The summed E-state index contributed by atoms with van der Waals surface area (Å²) in [6, 6.07) is 10.2. The van der Waals surface area contributed by atoms with Crippen LogP contribution in [-0.4, -0.2) is 6.17 Å². The number of hydrogen-bond donors (Lipinski definition) is 1. The van der Waals surface area contributed by atoms with E-state index in [9.17, 15) is 0 Å². The molecule has 1 atom stereocenters. The lowest BCUT2D eigenvalue weighted by atomic mass is 10.1. The molecule has 0 saturated heterocycles. The van der Waals surface area contributed by atoms with Crippen LogP contribution in [0, 0.1) is 0 Å². The first kappa shape index (κ1) is 9.03. The Morgan fingerprint density at radius 1 is 1.21 bits per heavy atom. The van der Waals surface area contributed by atoms with Gasteiger partial charge in [0, 0.05) is 11.9 Å². The zero-order valence-corrected chi connectivity index (χ0v) is 8.22. The standard InChI is InChI=1S/C12H14N2/c1-10-6-5-9-14(12(10)13)11-7-3-2-4-8-11/h2-9,12H,13H2,1H3. The molecule has 0 spiro atoms. The highest BCUT2D eigenvalue weighted by Gasteiger charge is 2.15. The van der Waals surface area contributed by atoms with Crippen molar-refractivity contribution in [1.29, 1.82) is 0 Å². The van der Waals surface area contributed by atoms with Gasteiger partial charge in [-0.05, 0) is 30.7 Å². The quantitative estimate of drug-likeness (QED) is 0.729. The number of allylic oxidation sites excluding steroid dienone is 2. The minimum absolute atomic E-state index is 0.0394. The molecular weight excluding hydrogens is 172 g/mol. The Morgan fingerprint density at radius 3 is 2.64 bits per heavy atom. The molecule has 0 saturated carbocycles. The summed E-state index contributed by atoms with van der Waals surface area (Å²) in [5.74, 6) is 0. The maximum atomic E-state index is 6.06. The summed E-state index contributed by atoms with van der Waals surface area (Å²) in [4.78, 5) is 2.06. The van der Waals surface area contributed by atoms with Crippen LogP contribution in [0.2, 0.25) is 0 Å². The molecule has 14 heavy (non-hydrogen) atoms. The molecule has 1 unspecified atom stereocenters. The normalized spacial score (nSPS) is 20.9. The van der Waals surface area contributed by atoms with Crippen LogP contribution in [0.5, 0.6) is 0 Å². The van der Waals surface area contributed by atoms with Crippen molar-refractivity contribution < 1.29 is 0 Å². The van der Waals surface area contributed by atoms with E-state index in [0.717, 1.165) is 5.69 Å². The number of anilines is 1. The number of para-hydroxylation sites is 1. The van der Waals surface area contributed by atoms with E-state index in [-0.39, 0.29) is 6.17 Å². The van der Waals surface area contributed by atoms with Gasteiger partial charge in [-0.3, -0.25) is 0 Å². The molecule has 0 amide bonds. The molecule has 0 aliphatic carbocycles. The summed E-state index contributed by atoms with van der Waals surface area (Å²) in [5.41, 5.74) is 8.37. The van der Waals surface area contributed by atoms with E-state index < -0.39 is 0 Å². The highest BCUT2D eigenvalue weighted by atomic mass is 15.2. The van der Waals surface area contributed by atoms with Gasteiger partial charge in [-0.25, -0.2) is 0 Å².